The Balaban J connectivity index is 2.58. The summed E-state index contributed by atoms with van der Waals surface area (Å²) in [6.45, 7) is 8.77. The summed E-state index contributed by atoms with van der Waals surface area (Å²) in [5.74, 6) is 0.661. The Morgan fingerprint density at radius 3 is 2.52 bits per heavy atom. The van der Waals surface area contributed by atoms with Gasteiger partial charge in [-0.05, 0) is 46.6 Å². The van der Waals surface area contributed by atoms with E-state index >= 15 is 0 Å². The minimum absolute atomic E-state index is 0.00766. The molecule has 0 saturated carbocycles. The highest BCUT2D eigenvalue weighted by Crippen LogP contribution is 2.24. The molecule has 0 bridgehead atoms. The second-order valence-corrected chi connectivity index (χ2v) is 6.15. The van der Waals surface area contributed by atoms with Gasteiger partial charge in [0.25, 0.3) is 0 Å². The maximum Gasteiger partial charge on any atom is 0.238 e. The van der Waals surface area contributed by atoms with E-state index in [0.717, 1.165) is 36.1 Å². The highest BCUT2D eigenvalue weighted by atomic mass is 79.9. The van der Waals surface area contributed by atoms with Crippen molar-refractivity contribution in [1.82, 2.24) is 4.90 Å². The maximum atomic E-state index is 12.2. The normalized spacial score (nSPS) is 11.1. The SMILES string of the molecule is CCC(CC)CN(CC)CC(=O)Nc1ccc(N)cc1Br. The number of nitrogens with one attached hydrogen (secondary N) is 1. The molecule has 0 radical (unpaired) electrons. The van der Waals surface area contributed by atoms with Crippen molar-refractivity contribution < 1.29 is 4.79 Å². The second kappa shape index (κ2) is 9.05. The summed E-state index contributed by atoms with van der Waals surface area (Å²) in [6, 6.07) is 5.38. The first-order valence-electron chi connectivity index (χ1n) is 7.57. The first-order valence-corrected chi connectivity index (χ1v) is 8.36. The summed E-state index contributed by atoms with van der Waals surface area (Å²) in [4.78, 5) is 14.4. The van der Waals surface area contributed by atoms with Gasteiger partial charge in [-0.3, -0.25) is 9.69 Å². The van der Waals surface area contributed by atoms with Crippen LogP contribution in [0.4, 0.5) is 11.4 Å². The molecule has 0 saturated heterocycles. The number of likely N-dealkylation sites (N-methyl/N-ethyl adjacent to an activating group) is 1. The fourth-order valence-corrected chi connectivity index (χ4v) is 2.74. The third-order valence-corrected chi connectivity index (χ3v) is 4.41. The van der Waals surface area contributed by atoms with Gasteiger partial charge in [0.15, 0.2) is 0 Å². The number of benzene rings is 1. The van der Waals surface area contributed by atoms with Gasteiger partial charge in [-0.15, -0.1) is 0 Å². The zero-order valence-corrected chi connectivity index (χ0v) is 14.7. The lowest BCUT2D eigenvalue weighted by Crippen LogP contribution is -2.36. The fourth-order valence-electron chi connectivity index (χ4n) is 2.24. The van der Waals surface area contributed by atoms with Gasteiger partial charge in [0.1, 0.15) is 0 Å². The van der Waals surface area contributed by atoms with Crippen LogP contribution in [0.3, 0.4) is 0 Å². The Morgan fingerprint density at radius 1 is 1.33 bits per heavy atom. The van der Waals surface area contributed by atoms with Crippen molar-refractivity contribution in [3.8, 4) is 0 Å². The van der Waals surface area contributed by atoms with Crippen molar-refractivity contribution in [2.24, 2.45) is 5.92 Å². The van der Waals surface area contributed by atoms with Crippen LogP contribution in [0.2, 0.25) is 0 Å². The molecule has 0 atom stereocenters. The number of nitrogens with two attached hydrogens (primary N) is 1. The van der Waals surface area contributed by atoms with E-state index in [1.807, 2.05) is 6.07 Å². The minimum atomic E-state index is 0.00766. The first kappa shape index (κ1) is 18.0. The molecule has 0 aliphatic rings. The lowest BCUT2D eigenvalue weighted by atomic mass is 10.0. The van der Waals surface area contributed by atoms with Gasteiger partial charge in [-0.1, -0.05) is 33.6 Å². The van der Waals surface area contributed by atoms with E-state index in [1.165, 1.54) is 0 Å². The lowest BCUT2D eigenvalue weighted by molar-refractivity contribution is -0.117. The molecule has 0 unspecified atom stereocenters. The van der Waals surface area contributed by atoms with Crippen molar-refractivity contribution in [3.05, 3.63) is 22.7 Å². The van der Waals surface area contributed by atoms with Crippen LogP contribution in [0, 0.1) is 5.92 Å². The van der Waals surface area contributed by atoms with E-state index in [0.29, 0.717) is 18.2 Å². The predicted octanol–water partition coefficient (Wildman–Crippen LogP) is 3.73. The zero-order valence-electron chi connectivity index (χ0n) is 13.2. The number of hydrogen-bond donors (Lipinski definition) is 2. The molecule has 21 heavy (non-hydrogen) atoms. The average molecular weight is 356 g/mol. The summed E-state index contributed by atoms with van der Waals surface area (Å²) < 4.78 is 0.805. The summed E-state index contributed by atoms with van der Waals surface area (Å²) in [5, 5.41) is 2.93. The van der Waals surface area contributed by atoms with E-state index in [9.17, 15) is 4.79 Å². The molecule has 0 aliphatic carbocycles. The van der Waals surface area contributed by atoms with Crippen LogP contribution in [0.1, 0.15) is 33.6 Å². The van der Waals surface area contributed by atoms with E-state index < -0.39 is 0 Å². The number of rotatable bonds is 8. The minimum Gasteiger partial charge on any atom is -0.399 e. The van der Waals surface area contributed by atoms with E-state index in [4.69, 9.17) is 5.73 Å². The number of hydrogen-bond acceptors (Lipinski definition) is 3. The van der Waals surface area contributed by atoms with Gasteiger partial charge in [-0.2, -0.15) is 0 Å². The molecule has 0 heterocycles. The highest BCUT2D eigenvalue weighted by molar-refractivity contribution is 9.10. The monoisotopic (exact) mass is 355 g/mol. The molecule has 4 nitrogen and oxygen atoms in total. The van der Waals surface area contributed by atoms with Crippen LogP contribution in [0.25, 0.3) is 0 Å². The number of nitrogens with zero attached hydrogens (tertiary/aromatic N) is 1. The predicted molar refractivity (Wildman–Crippen MR) is 93.4 cm³/mol. The van der Waals surface area contributed by atoms with E-state index in [-0.39, 0.29) is 5.91 Å². The maximum absolute atomic E-state index is 12.2. The Morgan fingerprint density at radius 2 is 2.00 bits per heavy atom. The second-order valence-electron chi connectivity index (χ2n) is 5.30. The molecule has 1 aromatic carbocycles. The molecule has 1 aromatic rings. The quantitative estimate of drug-likeness (QED) is 0.698. The number of anilines is 2. The lowest BCUT2D eigenvalue weighted by Gasteiger charge is -2.24. The molecule has 0 fully saturated rings. The molecule has 0 spiro atoms. The Hall–Kier alpha value is -1.07. The van der Waals surface area contributed by atoms with Gasteiger partial charge in [-0.25, -0.2) is 0 Å². The highest BCUT2D eigenvalue weighted by Gasteiger charge is 2.14. The van der Waals surface area contributed by atoms with E-state index in [2.05, 4.69) is 46.9 Å². The van der Waals surface area contributed by atoms with Crippen molar-refractivity contribution in [3.63, 3.8) is 0 Å². The zero-order chi connectivity index (χ0) is 15.8. The van der Waals surface area contributed by atoms with Gasteiger partial charge in [0.05, 0.1) is 12.2 Å². The number of halogens is 1. The third kappa shape index (κ3) is 6.06. The molecule has 3 N–H and O–H groups in total. The van der Waals surface area contributed by atoms with Crippen LogP contribution >= 0.6 is 15.9 Å². The van der Waals surface area contributed by atoms with Crippen molar-refractivity contribution in [2.45, 2.75) is 33.6 Å². The van der Waals surface area contributed by atoms with Crippen molar-refractivity contribution >= 4 is 33.2 Å². The smallest absolute Gasteiger partial charge is 0.238 e. The summed E-state index contributed by atoms with van der Waals surface area (Å²) in [6.07, 6.45) is 2.30. The van der Waals surface area contributed by atoms with Crippen molar-refractivity contribution in [1.29, 1.82) is 0 Å². The summed E-state index contributed by atoms with van der Waals surface area (Å²) in [7, 11) is 0. The van der Waals surface area contributed by atoms with Crippen LogP contribution in [0.15, 0.2) is 22.7 Å². The van der Waals surface area contributed by atoms with Gasteiger partial charge >= 0.3 is 0 Å². The standard InChI is InChI=1S/C16H26BrN3O/c1-4-12(5-2)10-20(6-3)11-16(21)19-15-8-7-13(18)9-14(15)17/h7-9,12H,4-6,10-11,18H2,1-3H3,(H,19,21). The molecule has 1 amide bonds. The van der Waals surface area contributed by atoms with Gasteiger partial charge in [0.2, 0.25) is 5.91 Å². The van der Waals surface area contributed by atoms with Crippen molar-refractivity contribution in [2.75, 3.05) is 30.7 Å². The topological polar surface area (TPSA) is 58.4 Å². The molecule has 118 valence electrons. The Labute approximate surface area is 136 Å². The van der Waals surface area contributed by atoms with E-state index in [1.54, 1.807) is 12.1 Å². The number of carbonyl (C=O) groups excluding carboxylic acids is 1. The molecule has 5 heteroatoms. The Bertz CT molecular complexity index is 461. The van der Waals surface area contributed by atoms with Gasteiger partial charge in [0, 0.05) is 16.7 Å². The number of nitrogen functional groups attached to an aromatic ring is 1. The molecule has 0 aromatic heterocycles. The molecular formula is C16H26BrN3O. The first-order chi connectivity index (χ1) is 9.99. The largest absolute Gasteiger partial charge is 0.399 e. The van der Waals surface area contributed by atoms with Gasteiger partial charge < -0.3 is 11.1 Å². The third-order valence-electron chi connectivity index (χ3n) is 3.75. The summed E-state index contributed by atoms with van der Waals surface area (Å²) >= 11 is 3.41. The Kier molecular flexibility index (Phi) is 7.75. The molecule has 1 rings (SSSR count). The molecular weight excluding hydrogens is 330 g/mol. The molecule has 0 aliphatic heterocycles. The summed E-state index contributed by atoms with van der Waals surface area (Å²) in [5.41, 5.74) is 7.12. The van der Waals surface area contributed by atoms with Crippen LogP contribution < -0.4 is 11.1 Å². The van der Waals surface area contributed by atoms with Crippen LogP contribution in [-0.2, 0) is 4.79 Å². The van der Waals surface area contributed by atoms with Crippen LogP contribution in [0.5, 0.6) is 0 Å². The van der Waals surface area contributed by atoms with Crippen LogP contribution in [-0.4, -0.2) is 30.4 Å². The number of amides is 1. The number of carbonyl (C=O) groups is 1. The fraction of sp³-hybridized carbons (Fsp3) is 0.562. The average Bonchev–Trinajstić information content (AvgIpc) is 2.46.